The fraction of sp³-hybridized carbons (Fsp3) is 0.444. The molecule has 1 aliphatic rings. The van der Waals surface area contributed by atoms with Crippen molar-refractivity contribution in [2.75, 3.05) is 13.6 Å². The van der Waals surface area contributed by atoms with Gasteiger partial charge in [-0.1, -0.05) is 0 Å². The second-order valence-electron chi connectivity index (χ2n) is 3.22. The lowest BCUT2D eigenvalue weighted by Gasteiger charge is -2.20. The van der Waals surface area contributed by atoms with Crippen molar-refractivity contribution in [1.82, 2.24) is 4.90 Å². The van der Waals surface area contributed by atoms with E-state index in [-0.39, 0.29) is 0 Å². The monoisotopic (exact) mass is 178 g/mol. The van der Waals surface area contributed by atoms with Gasteiger partial charge in [-0.05, 0) is 7.05 Å². The Morgan fingerprint density at radius 1 is 1.69 bits per heavy atom. The Hall–Kier alpha value is -1.38. The van der Waals surface area contributed by atoms with Crippen molar-refractivity contribution in [2.45, 2.75) is 13.0 Å². The van der Waals surface area contributed by atoms with E-state index in [1.54, 1.807) is 6.07 Å². The van der Waals surface area contributed by atoms with E-state index in [0.29, 0.717) is 5.88 Å². The summed E-state index contributed by atoms with van der Waals surface area (Å²) in [6, 6.07) is 1.80. The van der Waals surface area contributed by atoms with Crippen molar-refractivity contribution in [1.29, 1.82) is 0 Å². The van der Waals surface area contributed by atoms with Crippen LogP contribution in [0.3, 0.4) is 0 Å². The summed E-state index contributed by atoms with van der Waals surface area (Å²) in [7, 11) is 2.05. The molecule has 2 heterocycles. The summed E-state index contributed by atoms with van der Waals surface area (Å²) in [5.41, 5.74) is 1.13. The number of hydrogen-bond donors (Lipinski definition) is 0. The number of aliphatic imine (C=N–C) groups is 1. The molecule has 0 amide bonds. The molecule has 0 unspecified atom stereocenters. The van der Waals surface area contributed by atoms with E-state index in [9.17, 15) is 4.79 Å². The summed E-state index contributed by atoms with van der Waals surface area (Å²) in [4.78, 5) is 15.6. The summed E-state index contributed by atoms with van der Waals surface area (Å²) in [6.07, 6.45) is 2.36. The average Bonchev–Trinajstić information content (AvgIpc) is 2.46. The molecular weight excluding hydrogens is 168 g/mol. The molecule has 0 spiro atoms. The lowest BCUT2D eigenvalue weighted by Crippen LogP contribution is -2.25. The summed E-state index contributed by atoms with van der Waals surface area (Å²) in [5, 5.41) is 0. The topological polar surface area (TPSA) is 45.8 Å². The predicted octanol–water partition coefficient (Wildman–Crippen LogP) is 1.23. The average molecular weight is 178 g/mol. The molecule has 13 heavy (non-hydrogen) atoms. The quantitative estimate of drug-likeness (QED) is 0.480. The predicted molar refractivity (Wildman–Crippen MR) is 46.5 cm³/mol. The molecule has 0 fully saturated rings. The van der Waals surface area contributed by atoms with Gasteiger partial charge in [0.1, 0.15) is 5.76 Å². The SMILES string of the molecule is CN1CCc2oc(N=C=O)cc2C1. The van der Waals surface area contributed by atoms with Gasteiger partial charge in [0.05, 0.1) is 0 Å². The molecule has 2 rings (SSSR count). The minimum atomic E-state index is 0.371. The third-order valence-corrected chi connectivity index (χ3v) is 2.20. The van der Waals surface area contributed by atoms with Crippen LogP contribution < -0.4 is 0 Å². The highest BCUT2D eigenvalue weighted by atomic mass is 16.4. The van der Waals surface area contributed by atoms with Crippen molar-refractivity contribution in [3.05, 3.63) is 17.4 Å². The van der Waals surface area contributed by atoms with Crippen LogP contribution in [-0.2, 0) is 17.8 Å². The second kappa shape index (κ2) is 3.17. The molecule has 1 aromatic rings. The van der Waals surface area contributed by atoms with Crippen molar-refractivity contribution < 1.29 is 9.21 Å². The number of carbonyl (C=O) groups excluding carboxylic acids is 1. The van der Waals surface area contributed by atoms with E-state index in [1.165, 1.54) is 6.08 Å². The lowest BCUT2D eigenvalue weighted by atomic mass is 10.1. The fourth-order valence-electron chi connectivity index (χ4n) is 1.56. The van der Waals surface area contributed by atoms with Crippen LogP contribution in [0.15, 0.2) is 15.5 Å². The molecular formula is C9H10N2O2. The highest BCUT2D eigenvalue weighted by molar-refractivity contribution is 5.45. The standard InChI is InChI=1S/C9H10N2O2/c1-11-3-2-8-7(5-11)4-9(13-8)10-6-12/h4H,2-3,5H2,1H3. The third-order valence-electron chi connectivity index (χ3n) is 2.20. The van der Waals surface area contributed by atoms with Crippen molar-refractivity contribution in [3.8, 4) is 0 Å². The van der Waals surface area contributed by atoms with Crippen LogP contribution in [0.5, 0.6) is 0 Å². The summed E-state index contributed by atoms with van der Waals surface area (Å²) in [5.74, 6) is 1.32. The van der Waals surface area contributed by atoms with Gasteiger partial charge in [-0.2, -0.15) is 0 Å². The van der Waals surface area contributed by atoms with Gasteiger partial charge in [0, 0.05) is 31.1 Å². The second-order valence-corrected chi connectivity index (χ2v) is 3.22. The van der Waals surface area contributed by atoms with Crippen molar-refractivity contribution >= 4 is 12.0 Å². The van der Waals surface area contributed by atoms with Crippen LogP contribution in [-0.4, -0.2) is 24.6 Å². The van der Waals surface area contributed by atoms with Gasteiger partial charge >= 0.3 is 0 Å². The molecule has 0 N–H and O–H groups in total. The minimum Gasteiger partial charge on any atom is -0.442 e. The Labute approximate surface area is 75.9 Å². The molecule has 68 valence electrons. The minimum absolute atomic E-state index is 0.371. The first kappa shape index (κ1) is 8.23. The molecule has 0 aromatic carbocycles. The zero-order valence-corrected chi connectivity index (χ0v) is 7.41. The van der Waals surface area contributed by atoms with E-state index in [2.05, 4.69) is 16.9 Å². The molecule has 0 radical (unpaired) electrons. The van der Waals surface area contributed by atoms with Crippen LogP contribution in [0.1, 0.15) is 11.3 Å². The molecule has 0 saturated carbocycles. The maximum absolute atomic E-state index is 9.99. The first-order chi connectivity index (χ1) is 6.29. The summed E-state index contributed by atoms with van der Waals surface area (Å²) in [6.45, 7) is 1.86. The number of fused-ring (bicyclic) bond motifs is 1. The molecule has 0 bridgehead atoms. The van der Waals surface area contributed by atoms with E-state index in [0.717, 1.165) is 30.8 Å². The van der Waals surface area contributed by atoms with Crippen molar-refractivity contribution in [2.24, 2.45) is 4.99 Å². The van der Waals surface area contributed by atoms with Crippen molar-refractivity contribution in [3.63, 3.8) is 0 Å². The largest absolute Gasteiger partial charge is 0.442 e. The van der Waals surface area contributed by atoms with Gasteiger partial charge in [0.2, 0.25) is 12.0 Å². The maximum Gasteiger partial charge on any atom is 0.243 e. The molecule has 0 saturated heterocycles. The van der Waals surface area contributed by atoms with Gasteiger partial charge < -0.3 is 9.32 Å². The zero-order chi connectivity index (χ0) is 9.26. The van der Waals surface area contributed by atoms with Gasteiger partial charge in [-0.25, -0.2) is 4.79 Å². The highest BCUT2D eigenvalue weighted by Crippen LogP contribution is 2.26. The molecule has 0 atom stereocenters. The van der Waals surface area contributed by atoms with Crippen LogP contribution in [0.4, 0.5) is 5.88 Å². The molecule has 0 aliphatic carbocycles. The number of furan rings is 1. The van der Waals surface area contributed by atoms with E-state index in [4.69, 9.17) is 4.42 Å². The Bertz CT molecular complexity index is 364. The zero-order valence-electron chi connectivity index (χ0n) is 7.41. The van der Waals surface area contributed by atoms with Crippen LogP contribution in [0.25, 0.3) is 0 Å². The fourth-order valence-corrected chi connectivity index (χ4v) is 1.56. The third kappa shape index (κ3) is 1.54. The Morgan fingerprint density at radius 2 is 2.54 bits per heavy atom. The first-order valence-electron chi connectivity index (χ1n) is 4.17. The number of likely N-dealkylation sites (N-methyl/N-ethyl adjacent to an activating group) is 1. The Balaban J connectivity index is 2.33. The van der Waals surface area contributed by atoms with E-state index < -0.39 is 0 Å². The number of nitrogens with zero attached hydrogens (tertiary/aromatic N) is 2. The summed E-state index contributed by atoms with van der Waals surface area (Å²) >= 11 is 0. The van der Waals surface area contributed by atoms with Gasteiger partial charge in [0.15, 0.2) is 0 Å². The Morgan fingerprint density at radius 3 is 3.31 bits per heavy atom. The van der Waals surface area contributed by atoms with Gasteiger partial charge in [-0.3, -0.25) is 0 Å². The van der Waals surface area contributed by atoms with Gasteiger partial charge in [-0.15, -0.1) is 4.99 Å². The van der Waals surface area contributed by atoms with Crippen LogP contribution in [0, 0.1) is 0 Å². The highest BCUT2D eigenvalue weighted by Gasteiger charge is 2.17. The smallest absolute Gasteiger partial charge is 0.243 e. The van der Waals surface area contributed by atoms with E-state index >= 15 is 0 Å². The summed E-state index contributed by atoms with van der Waals surface area (Å²) < 4.78 is 5.34. The number of isocyanates is 1. The Kier molecular flexibility index (Phi) is 2.00. The van der Waals surface area contributed by atoms with Crippen LogP contribution in [0.2, 0.25) is 0 Å². The normalized spacial score (nSPS) is 16.4. The molecule has 1 aliphatic heterocycles. The number of hydrogen-bond acceptors (Lipinski definition) is 4. The van der Waals surface area contributed by atoms with Gasteiger partial charge in [0.25, 0.3) is 0 Å². The molecule has 1 aromatic heterocycles. The maximum atomic E-state index is 9.99. The first-order valence-corrected chi connectivity index (χ1v) is 4.17. The molecule has 4 heteroatoms. The number of rotatable bonds is 1. The molecule has 4 nitrogen and oxygen atoms in total. The van der Waals surface area contributed by atoms with Crippen LogP contribution >= 0.6 is 0 Å². The lowest BCUT2D eigenvalue weighted by molar-refractivity contribution is 0.294. The van der Waals surface area contributed by atoms with E-state index in [1.807, 2.05) is 0 Å².